The summed E-state index contributed by atoms with van der Waals surface area (Å²) in [7, 11) is 0. The number of rotatable bonds is 1. The zero-order valence-corrected chi connectivity index (χ0v) is 11.7. The third-order valence-electron chi connectivity index (χ3n) is 3.32. The van der Waals surface area contributed by atoms with E-state index < -0.39 is 0 Å². The van der Waals surface area contributed by atoms with Crippen LogP contribution in [0.1, 0.15) is 23.0 Å². The number of aryl methyl sites for hydroxylation is 1. The van der Waals surface area contributed by atoms with Crippen molar-refractivity contribution >= 4 is 11.8 Å². The summed E-state index contributed by atoms with van der Waals surface area (Å²) in [4.78, 5) is 31.6. The van der Waals surface area contributed by atoms with Crippen LogP contribution in [0.3, 0.4) is 0 Å². The number of hydrogen-bond donors (Lipinski definition) is 0. The Hall–Kier alpha value is -2.35. The minimum Gasteiger partial charge on any atom is -0.335 e. The van der Waals surface area contributed by atoms with Gasteiger partial charge in [-0.1, -0.05) is 5.92 Å². The number of nitrogens with zero attached hydrogens (tertiary/aromatic N) is 3. The van der Waals surface area contributed by atoms with Gasteiger partial charge in [-0.15, -0.1) is 0 Å². The van der Waals surface area contributed by atoms with Crippen molar-refractivity contribution in [2.75, 3.05) is 26.2 Å². The molecular weight excluding hydrogens is 254 g/mol. The second-order valence-corrected chi connectivity index (χ2v) is 4.60. The number of piperazine rings is 1. The number of amides is 2. The van der Waals surface area contributed by atoms with Crippen molar-refractivity contribution in [2.45, 2.75) is 13.8 Å². The lowest BCUT2D eigenvalue weighted by atomic mass is 10.1. The Bertz CT molecular complexity index is 578. The van der Waals surface area contributed by atoms with Crippen molar-refractivity contribution < 1.29 is 9.59 Å². The maximum Gasteiger partial charge on any atom is 0.298 e. The predicted molar refractivity (Wildman–Crippen MR) is 74.9 cm³/mol. The van der Waals surface area contributed by atoms with E-state index in [9.17, 15) is 9.59 Å². The minimum atomic E-state index is -0.169. The van der Waals surface area contributed by atoms with Crippen LogP contribution in [0.25, 0.3) is 0 Å². The molecule has 1 aromatic heterocycles. The highest BCUT2D eigenvalue weighted by molar-refractivity contribution is 5.96. The molecule has 0 spiro atoms. The van der Waals surface area contributed by atoms with E-state index in [1.807, 2.05) is 6.92 Å². The molecule has 0 N–H and O–H groups in total. The molecule has 1 aliphatic rings. The van der Waals surface area contributed by atoms with Crippen molar-refractivity contribution in [3.05, 3.63) is 29.6 Å². The third kappa shape index (κ3) is 2.97. The van der Waals surface area contributed by atoms with Crippen LogP contribution in [-0.2, 0) is 4.79 Å². The van der Waals surface area contributed by atoms with E-state index in [0.29, 0.717) is 31.7 Å². The molecule has 0 aliphatic carbocycles. The Morgan fingerprint density at radius 2 is 1.85 bits per heavy atom. The smallest absolute Gasteiger partial charge is 0.298 e. The van der Waals surface area contributed by atoms with E-state index in [0.717, 1.165) is 5.69 Å². The summed E-state index contributed by atoms with van der Waals surface area (Å²) < 4.78 is 0. The topological polar surface area (TPSA) is 53.5 Å². The van der Waals surface area contributed by atoms with Crippen LogP contribution in [-0.4, -0.2) is 52.8 Å². The number of hydrogen-bond acceptors (Lipinski definition) is 3. The minimum absolute atomic E-state index is 0.0238. The van der Waals surface area contributed by atoms with Gasteiger partial charge in [0.25, 0.3) is 11.8 Å². The fraction of sp³-hybridized carbons (Fsp3) is 0.400. The first-order chi connectivity index (χ1) is 9.63. The zero-order chi connectivity index (χ0) is 14.5. The fourth-order valence-corrected chi connectivity index (χ4v) is 2.18. The maximum absolute atomic E-state index is 12.4. The van der Waals surface area contributed by atoms with Gasteiger partial charge in [0.15, 0.2) is 0 Å². The van der Waals surface area contributed by atoms with E-state index in [2.05, 4.69) is 16.8 Å². The molecule has 104 valence electrons. The van der Waals surface area contributed by atoms with Gasteiger partial charge in [0, 0.05) is 38.1 Å². The summed E-state index contributed by atoms with van der Waals surface area (Å²) in [6.45, 7) is 5.58. The van der Waals surface area contributed by atoms with Gasteiger partial charge < -0.3 is 9.80 Å². The lowest BCUT2D eigenvalue weighted by Gasteiger charge is -2.33. The van der Waals surface area contributed by atoms with Crippen molar-refractivity contribution in [2.24, 2.45) is 0 Å². The van der Waals surface area contributed by atoms with Crippen molar-refractivity contribution in [1.82, 2.24) is 14.8 Å². The molecule has 2 amide bonds. The average Bonchev–Trinajstić information content (AvgIpc) is 2.47. The second-order valence-electron chi connectivity index (χ2n) is 4.60. The van der Waals surface area contributed by atoms with Crippen LogP contribution < -0.4 is 0 Å². The molecule has 1 saturated heterocycles. The summed E-state index contributed by atoms with van der Waals surface area (Å²) in [5, 5.41) is 0. The lowest BCUT2D eigenvalue weighted by molar-refractivity contribution is -0.126. The van der Waals surface area contributed by atoms with Gasteiger partial charge in [-0.05, 0) is 31.9 Å². The third-order valence-corrected chi connectivity index (χ3v) is 3.32. The Balaban J connectivity index is 2.00. The maximum atomic E-state index is 12.4. The molecule has 0 saturated carbocycles. The van der Waals surface area contributed by atoms with Gasteiger partial charge in [-0.25, -0.2) is 0 Å². The van der Waals surface area contributed by atoms with E-state index >= 15 is 0 Å². The first kappa shape index (κ1) is 14.1. The standard InChI is InChI=1S/C15H17N3O2/c1-3-5-14(19)17-8-10-18(11-9-17)15(20)13-6-4-7-16-12(13)2/h4,6-7H,8-11H2,1-2H3. The first-order valence-corrected chi connectivity index (χ1v) is 6.56. The first-order valence-electron chi connectivity index (χ1n) is 6.56. The normalized spacial score (nSPS) is 14.5. The molecule has 0 unspecified atom stereocenters. The number of aromatic nitrogens is 1. The molecule has 0 radical (unpaired) electrons. The van der Waals surface area contributed by atoms with Crippen LogP contribution in [0.4, 0.5) is 0 Å². The van der Waals surface area contributed by atoms with E-state index in [-0.39, 0.29) is 11.8 Å². The van der Waals surface area contributed by atoms with Crippen molar-refractivity contribution in [3.8, 4) is 11.8 Å². The Labute approximate surface area is 118 Å². The molecule has 5 nitrogen and oxygen atoms in total. The molecule has 0 bridgehead atoms. The quantitative estimate of drug-likeness (QED) is 0.706. The monoisotopic (exact) mass is 271 g/mol. The molecular formula is C15H17N3O2. The molecule has 20 heavy (non-hydrogen) atoms. The van der Waals surface area contributed by atoms with Gasteiger partial charge in [0.2, 0.25) is 0 Å². The van der Waals surface area contributed by atoms with Gasteiger partial charge in [0.05, 0.1) is 5.56 Å². The predicted octanol–water partition coefficient (Wildman–Crippen LogP) is 0.698. The lowest BCUT2D eigenvalue weighted by Crippen LogP contribution is -2.50. The van der Waals surface area contributed by atoms with E-state index in [1.54, 1.807) is 35.1 Å². The molecule has 1 fully saturated rings. The van der Waals surface area contributed by atoms with Gasteiger partial charge in [0.1, 0.15) is 0 Å². The van der Waals surface area contributed by atoms with Crippen LogP contribution in [0.5, 0.6) is 0 Å². The summed E-state index contributed by atoms with van der Waals surface area (Å²) in [5.74, 6) is 4.93. The molecule has 2 heterocycles. The second kappa shape index (κ2) is 6.20. The SMILES string of the molecule is CC#CC(=O)N1CCN(C(=O)c2cccnc2C)CC1. The summed E-state index contributed by atoms with van der Waals surface area (Å²) in [5.41, 5.74) is 1.36. The summed E-state index contributed by atoms with van der Waals surface area (Å²) in [6.07, 6.45) is 1.67. The number of carbonyl (C=O) groups excluding carboxylic acids is 2. The Morgan fingerprint density at radius 1 is 1.20 bits per heavy atom. The van der Waals surface area contributed by atoms with Crippen molar-refractivity contribution in [1.29, 1.82) is 0 Å². The zero-order valence-electron chi connectivity index (χ0n) is 11.7. The van der Waals surface area contributed by atoms with Crippen LogP contribution in [0.2, 0.25) is 0 Å². The van der Waals surface area contributed by atoms with Gasteiger partial charge >= 0.3 is 0 Å². The molecule has 2 rings (SSSR count). The van der Waals surface area contributed by atoms with E-state index in [1.165, 1.54) is 0 Å². The van der Waals surface area contributed by atoms with Gasteiger partial charge in [-0.3, -0.25) is 14.6 Å². The Kier molecular flexibility index (Phi) is 4.36. The fourth-order valence-electron chi connectivity index (χ4n) is 2.18. The molecule has 1 aliphatic heterocycles. The Morgan fingerprint density at radius 3 is 2.45 bits per heavy atom. The van der Waals surface area contributed by atoms with Crippen LogP contribution in [0.15, 0.2) is 18.3 Å². The largest absolute Gasteiger partial charge is 0.335 e. The molecule has 1 aromatic rings. The summed E-state index contributed by atoms with van der Waals surface area (Å²) in [6, 6.07) is 3.54. The highest BCUT2D eigenvalue weighted by Crippen LogP contribution is 2.11. The number of pyridine rings is 1. The molecule has 5 heteroatoms. The highest BCUT2D eigenvalue weighted by Gasteiger charge is 2.24. The summed E-state index contributed by atoms with van der Waals surface area (Å²) >= 11 is 0. The number of carbonyl (C=O) groups is 2. The average molecular weight is 271 g/mol. The highest BCUT2D eigenvalue weighted by atomic mass is 16.2. The molecule has 0 atom stereocenters. The van der Waals surface area contributed by atoms with Crippen molar-refractivity contribution in [3.63, 3.8) is 0 Å². The van der Waals surface area contributed by atoms with E-state index in [4.69, 9.17) is 0 Å². The van der Waals surface area contributed by atoms with Crippen LogP contribution >= 0.6 is 0 Å². The van der Waals surface area contributed by atoms with Crippen LogP contribution in [0, 0.1) is 18.8 Å². The molecule has 0 aromatic carbocycles. The van der Waals surface area contributed by atoms with Gasteiger partial charge in [-0.2, -0.15) is 0 Å².